The van der Waals surface area contributed by atoms with Crippen LogP contribution in [0.2, 0.25) is 0 Å². The highest BCUT2D eigenvalue weighted by Gasteiger charge is 2.28. The molecule has 1 heterocycles. The Morgan fingerprint density at radius 2 is 1.55 bits per heavy atom. The van der Waals surface area contributed by atoms with Crippen molar-refractivity contribution in [1.29, 1.82) is 0 Å². The number of carbonyl (C=O) groups is 1. The minimum Gasteiger partial charge on any atom is -0.372 e. The van der Waals surface area contributed by atoms with Gasteiger partial charge in [-0.3, -0.25) is 9.10 Å². The fourth-order valence-corrected chi connectivity index (χ4v) is 5.56. The van der Waals surface area contributed by atoms with Crippen LogP contribution in [-0.4, -0.2) is 34.0 Å². The molecule has 6 nitrogen and oxygen atoms in total. The second-order valence-corrected chi connectivity index (χ2v) is 10.1. The number of nitrogens with zero attached hydrogens (tertiary/aromatic N) is 2. The van der Waals surface area contributed by atoms with Gasteiger partial charge < -0.3 is 10.2 Å². The van der Waals surface area contributed by atoms with Gasteiger partial charge in [0.2, 0.25) is 5.91 Å². The molecule has 1 N–H and O–H groups in total. The summed E-state index contributed by atoms with van der Waals surface area (Å²) in [5, 5.41) is 2.87. The first kappa shape index (κ1) is 22.9. The molecule has 33 heavy (non-hydrogen) atoms. The Labute approximate surface area is 195 Å². The van der Waals surface area contributed by atoms with Gasteiger partial charge in [0, 0.05) is 25.3 Å². The third-order valence-corrected chi connectivity index (χ3v) is 7.67. The number of benzene rings is 3. The minimum atomic E-state index is -3.90. The molecule has 0 radical (unpaired) electrons. The van der Waals surface area contributed by atoms with E-state index in [0.717, 1.165) is 24.2 Å². The maximum atomic E-state index is 13.4. The van der Waals surface area contributed by atoms with Gasteiger partial charge in [-0.15, -0.1) is 0 Å². The molecule has 0 spiro atoms. The summed E-state index contributed by atoms with van der Waals surface area (Å²) >= 11 is 0. The van der Waals surface area contributed by atoms with Gasteiger partial charge in [0.15, 0.2) is 0 Å². The van der Waals surface area contributed by atoms with Crippen LogP contribution in [0.25, 0.3) is 0 Å². The maximum Gasteiger partial charge on any atom is 0.264 e. The molecule has 1 saturated heterocycles. The van der Waals surface area contributed by atoms with Crippen LogP contribution in [0.3, 0.4) is 0 Å². The van der Waals surface area contributed by atoms with Crippen LogP contribution < -0.4 is 14.5 Å². The second-order valence-electron chi connectivity index (χ2n) is 8.25. The Morgan fingerprint density at radius 1 is 0.909 bits per heavy atom. The molecular formula is C26H29N3O3S. The zero-order chi connectivity index (χ0) is 23.3. The number of hydrogen-bond acceptors (Lipinski definition) is 4. The van der Waals surface area contributed by atoms with Crippen LogP contribution in [0.1, 0.15) is 24.0 Å². The molecule has 1 aliphatic rings. The summed E-state index contributed by atoms with van der Waals surface area (Å²) in [6.45, 7) is 4.05. The van der Waals surface area contributed by atoms with Crippen LogP contribution in [-0.2, 0) is 21.4 Å². The molecular weight excluding hydrogens is 434 g/mol. The highest BCUT2D eigenvalue weighted by molar-refractivity contribution is 7.92. The van der Waals surface area contributed by atoms with Crippen molar-refractivity contribution in [3.8, 4) is 0 Å². The summed E-state index contributed by atoms with van der Waals surface area (Å²) in [6, 6.07) is 23.5. The second kappa shape index (κ2) is 10.1. The van der Waals surface area contributed by atoms with E-state index < -0.39 is 10.0 Å². The van der Waals surface area contributed by atoms with Crippen LogP contribution in [0, 0.1) is 6.92 Å². The van der Waals surface area contributed by atoms with Crippen molar-refractivity contribution in [2.45, 2.75) is 31.2 Å². The number of anilines is 2. The summed E-state index contributed by atoms with van der Waals surface area (Å²) < 4.78 is 28.0. The molecule has 1 aliphatic heterocycles. The lowest BCUT2D eigenvalue weighted by Gasteiger charge is -2.25. The largest absolute Gasteiger partial charge is 0.372 e. The van der Waals surface area contributed by atoms with E-state index in [1.165, 1.54) is 22.8 Å². The molecule has 0 aliphatic carbocycles. The van der Waals surface area contributed by atoms with Crippen molar-refractivity contribution in [3.05, 3.63) is 90.0 Å². The van der Waals surface area contributed by atoms with E-state index >= 15 is 0 Å². The Hall–Kier alpha value is -3.32. The van der Waals surface area contributed by atoms with Crippen LogP contribution >= 0.6 is 0 Å². The van der Waals surface area contributed by atoms with E-state index in [4.69, 9.17) is 0 Å². The highest BCUT2D eigenvalue weighted by atomic mass is 32.2. The van der Waals surface area contributed by atoms with Gasteiger partial charge in [-0.1, -0.05) is 48.5 Å². The predicted octanol–water partition coefficient (Wildman–Crippen LogP) is 4.11. The lowest BCUT2D eigenvalue weighted by Crippen LogP contribution is -2.41. The molecule has 0 unspecified atom stereocenters. The van der Waals surface area contributed by atoms with Crippen LogP contribution in [0.4, 0.5) is 11.4 Å². The molecule has 1 amide bonds. The SMILES string of the molecule is Cc1ccccc1N(CC(=O)NCc1ccc(N2CCCC2)cc1)S(=O)(=O)c1ccccc1. The quantitative estimate of drug-likeness (QED) is 0.546. The molecule has 3 aromatic carbocycles. The van der Waals surface area contributed by atoms with Crippen LogP contribution in [0.5, 0.6) is 0 Å². The van der Waals surface area contributed by atoms with Crippen molar-refractivity contribution in [2.75, 3.05) is 28.8 Å². The molecule has 4 rings (SSSR count). The van der Waals surface area contributed by atoms with E-state index in [1.807, 2.05) is 31.2 Å². The van der Waals surface area contributed by atoms with E-state index in [0.29, 0.717) is 12.2 Å². The fourth-order valence-electron chi connectivity index (χ4n) is 4.05. The molecule has 3 aromatic rings. The molecule has 1 fully saturated rings. The molecule has 7 heteroatoms. The van der Waals surface area contributed by atoms with E-state index in [1.54, 1.807) is 42.5 Å². The number of carbonyl (C=O) groups excluding carboxylic acids is 1. The average Bonchev–Trinajstić information content (AvgIpc) is 3.38. The lowest BCUT2D eigenvalue weighted by molar-refractivity contribution is -0.119. The van der Waals surface area contributed by atoms with E-state index in [2.05, 4.69) is 22.3 Å². The van der Waals surface area contributed by atoms with Crippen molar-refractivity contribution in [3.63, 3.8) is 0 Å². The Morgan fingerprint density at radius 3 is 2.21 bits per heavy atom. The zero-order valence-corrected chi connectivity index (χ0v) is 19.6. The first-order chi connectivity index (χ1) is 15.9. The molecule has 0 aromatic heterocycles. The first-order valence-corrected chi connectivity index (χ1v) is 12.6. The van der Waals surface area contributed by atoms with Gasteiger partial charge in [0.1, 0.15) is 6.54 Å². The summed E-state index contributed by atoms with van der Waals surface area (Å²) in [7, 11) is -3.90. The number of para-hydroxylation sites is 1. The van der Waals surface area contributed by atoms with Crippen LogP contribution in [0.15, 0.2) is 83.8 Å². The van der Waals surface area contributed by atoms with Gasteiger partial charge in [0.25, 0.3) is 10.0 Å². The summed E-state index contributed by atoms with van der Waals surface area (Å²) in [5.74, 6) is -0.360. The molecule has 0 saturated carbocycles. The molecule has 172 valence electrons. The molecule has 0 atom stereocenters. The normalized spacial score (nSPS) is 13.7. The van der Waals surface area contributed by atoms with Crippen molar-refractivity contribution >= 4 is 27.3 Å². The third-order valence-electron chi connectivity index (χ3n) is 5.90. The van der Waals surface area contributed by atoms with Gasteiger partial charge in [0.05, 0.1) is 10.6 Å². The fraction of sp³-hybridized carbons (Fsp3) is 0.269. The number of aryl methyl sites for hydroxylation is 1. The third kappa shape index (κ3) is 5.37. The number of rotatable bonds is 8. The number of amides is 1. The standard InChI is InChI=1S/C26H29N3O3S/c1-21-9-5-6-12-25(21)29(33(31,32)24-10-3-2-4-11-24)20-26(30)27-19-22-13-15-23(16-14-22)28-17-7-8-18-28/h2-6,9-16H,7-8,17-20H2,1H3,(H,27,30). The van der Waals surface area contributed by atoms with Gasteiger partial charge in [-0.05, 0) is 61.2 Å². The average molecular weight is 464 g/mol. The van der Waals surface area contributed by atoms with Gasteiger partial charge in [-0.2, -0.15) is 0 Å². The van der Waals surface area contributed by atoms with Crippen molar-refractivity contribution in [2.24, 2.45) is 0 Å². The smallest absolute Gasteiger partial charge is 0.264 e. The maximum absolute atomic E-state index is 13.4. The number of nitrogens with one attached hydrogen (secondary N) is 1. The monoisotopic (exact) mass is 463 g/mol. The highest BCUT2D eigenvalue weighted by Crippen LogP contribution is 2.26. The van der Waals surface area contributed by atoms with Crippen molar-refractivity contribution < 1.29 is 13.2 Å². The minimum absolute atomic E-state index is 0.151. The molecule has 0 bridgehead atoms. The Kier molecular flexibility index (Phi) is 6.99. The summed E-state index contributed by atoms with van der Waals surface area (Å²) in [6.07, 6.45) is 2.45. The summed E-state index contributed by atoms with van der Waals surface area (Å²) in [5.41, 5.74) is 3.44. The Bertz CT molecular complexity index is 1190. The first-order valence-electron chi connectivity index (χ1n) is 11.2. The number of sulfonamides is 1. The Balaban J connectivity index is 1.48. The van der Waals surface area contributed by atoms with E-state index in [-0.39, 0.29) is 17.3 Å². The van der Waals surface area contributed by atoms with Gasteiger partial charge in [-0.25, -0.2) is 8.42 Å². The number of hydrogen-bond donors (Lipinski definition) is 1. The van der Waals surface area contributed by atoms with E-state index in [9.17, 15) is 13.2 Å². The van der Waals surface area contributed by atoms with Gasteiger partial charge >= 0.3 is 0 Å². The summed E-state index contributed by atoms with van der Waals surface area (Å²) in [4.78, 5) is 15.3. The lowest BCUT2D eigenvalue weighted by atomic mass is 10.2. The topological polar surface area (TPSA) is 69.7 Å². The zero-order valence-electron chi connectivity index (χ0n) is 18.8. The predicted molar refractivity (Wildman–Crippen MR) is 132 cm³/mol. The van der Waals surface area contributed by atoms with Crippen molar-refractivity contribution in [1.82, 2.24) is 5.32 Å².